The average Bonchev–Trinajstić information content (AvgIpc) is 2.87. The topological polar surface area (TPSA) is 59.2 Å². The largest absolute Gasteiger partial charge is 0.392 e. The number of fused-ring (bicyclic) bond motifs is 1. The van der Waals surface area contributed by atoms with Gasteiger partial charge in [0.1, 0.15) is 0 Å². The van der Waals surface area contributed by atoms with Crippen LogP contribution in [0.3, 0.4) is 0 Å². The maximum Gasteiger partial charge on any atom is 0.232 e. The fourth-order valence-corrected chi connectivity index (χ4v) is 2.58. The molecule has 3 atom stereocenters. The maximum absolute atomic E-state index is 9.83. The van der Waals surface area contributed by atoms with E-state index in [9.17, 15) is 5.11 Å². The van der Waals surface area contributed by atoms with Crippen LogP contribution in [0.2, 0.25) is 0 Å². The highest BCUT2D eigenvalue weighted by Crippen LogP contribution is 2.38. The molecule has 0 radical (unpaired) electrons. The second-order valence-electron chi connectivity index (χ2n) is 5.21. The van der Waals surface area contributed by atoms with Crippen LogP contribution in [-0.4, -0.2) is 21.4 Å². The summed E-state index contributed by atoms with van der Waals surface area (Å²) in [6, 6.07) is 8.34. The first-order valence-electron chi connectivity index (χ1n) is 6.80. The summed E-state index contributed by atoms with van der Waals surface area (Å²) in [4.78, 5) is 4.46. The summed E-state index contributed by atoms with van der Waals surface area (Å²) in [5, 5.41) is 13.9. The average molecular weight is 258 g/mol. The van der Waals surface area contributed by atoms with E-state index in [1.165, 1.54) is 11.1 Å². The molecule has 3 unspecified atom stereocenters. The van der Waals surface area contributed by atoms with E-state index in [-0.39, 0.29) is 11.8 Å². The molecule has 1 aliphatic rings. The Hall–Kier alpha value is -1.68. The van der Waals surface area contributed by atoms with Gasteiger partial charge < -0.3 is 9.63 Å². The third-order valence-corrected chi connectivity index (χ3v) is 4.01. The van der Waals surface area contributed by atoms with Crippen LogP contribution in [0.5, 0.6) is 0 Å². The molecule has 0 saturated heterocycles. The van der Waals surface area contributed by atoms with E-state index in [1.54, 1.807) is 0 Å². The van der Waals surface area contributed by atoms with Crippen LogP contribution in [0.1, 0.15) is 54.9 Å². The van der Waals surface area contributed by atoms with E-state index in [2.05, 4.69) is 28.3 Å². The zero-order chi connectivity index (χ0) is 13.4. The molecule has 1 N–H and O–H groups in total. The van der Waals surface area contributed by atoms with Gasteiger partial charge in [0, 0.05) is 0 Å². The van der Waals surface area contributed by atoms with Crippen LogP contribution in [-0.2, 0) is 6.42 Å². The molecule has 0 bridgehead atoms. The summed E-state index contributed by atoms with van der Waals surface area (Å²) in [5.74, 6) is 1.42. The highest BCUT2D eigenvalue weighted by atomic mass is 16.5. The van der Waals surface area contributed by atoms with Crippen LogP contribution in [0.4, 0.5) is 0 Å². The van der Waals surface area contributed by atoms with Crippen molar-refractivity contribution >= 4 is 0 Å². The van der Waals surface area contributed by atoms with Gasteiger partial charge in [-0.1, -0.05) is 43.3 Å². The van der Waals surface area contributed by atoms with Gasteiger partial charge >= 0.3 is 0 Å². The second-order valence-corrected chi connectivity index (χ2v) is 5.21. The molecule has 0 saturated carbocycles. The van der Waals surface area contributed by atoms with Gasteiger partial charge in [-0.3, -0.25) is 0 Å². The number of aromatic nitrogens is 2. The minimum atomic E-state index is -0.429. The molecule has 4 heteroatoms. The lowest BCUT2D eigenvalue weighted by molar-refractivity contribution is 0.129. The van der Waals surface area contributed by atoms with Crippen LogP contribution in [0, 0.1) is 0 Å². The zero-order valence-corrected chi connectivity index (χ0v) is 11.2. The van der Waals surface area contributed by atoms with Gasteiger partial charge in [0.05, 0.1) is 17.9 Å². The number of hydrogen-bond donors (Lipinski definition) is 1. The lowest BCUT2D eigenvalue weighted by Gasteiger charge is -2.27. The summed E-state index contributed by atoms with van der Waals surface area (Å²) >= 11 is 0. The summed E-state index contributed by atoms with van der Waals surface area (Å²) in [7, 11) is 0. The monoisotopic (exact) mass is 258 g/mol. The molecule has 0 fully saturated rings. The molecule has 1 aliphatic carbocycles. The third-order valence-electron chi connectivity index (χ3n) is 4.01. The van der Waals surface area contributed by atoms with Gasteiger partial charge in [0.25, 0.3) is 0 Å². The molecule has 100 valence electrons. The lowest BCUT2D eigenvalue weighted by atomic mass is 9.77. The number of aliphatic hydroxyl groups is 1. The van der Waals surface area contributed by atoms with E-state index in [1.807, 2.05) is 19.9 Å². The molecule has 0 amide bonds. The molecule has 1 aromatic carbocycles. The van der Waals surface area contributed by atoms with Gasteiger partial charge in [-0.25, -0.2) is 0 Å². The molecule has 3 rings (SSSR count). The van der Waals surface area contributed by atoms with Gasteiger partial charge in [0.15, 0.2) is 5.82 Å². The van der Waals surface area contributed by atoms with E-state index in [0.29, 0.717) is 12.3 Å². The fraction of sp³-hybridized carbons (Fsp3) is 0.467. The zero-order valence-electron chi connectivity index (χ0n) is 11.2. The normalized spacial score (nSPS) is 20.5. The van der Waals surface area contributed by atoms with Crippen molar-refractivity contribution in [3.05, 3.63) is 47.1 Å². The van der Waals surface area contributed by atoms with E-state index < -0.39 is 6.10 Å². The van der Waals surface area contributed by atoms with Crippen molar-refractivity contribution in [3.8, 4) is 0 Å². The van der Waals surface area contributed by atoms with Crippen molar-refractivity contribution in [2.24, 2.45) is 0 Å². The molecule has 1 aromatic heterocycles. The Kier molecular flexibility index (Phi) is 3.11. The Morgan fingerprint density at radius 3 is 2.95 bits per heavy atom. The molecular formula is C15H18N2O2. The van der Waals surface area contributed by atoms with Crippen LogP contribution < -0.4 is 0 Å². The lowest BCUT2D eigenvalue weighted by Crippen LogP contribution is -2.19. The smallest absolute Gasteiger partial charge is 0.232 e. The summed E-state index contributed by atoms with van der Waals surface area (Å²) in [5.41, 5.74) is 2.65. The van der Waals surface area contributed by atoms with Crippen molar-refractivity contribution < 1.29 is 9.63 Å². The SMILES string of the molecule is CCC(O)C(C)c1nc(C2Cc3ccccc32)no1. The van der Waals surface area contributed by atoms with Crippen molar-refractivity contribution in [2.45, 2.75) is 44.6 Å². The van der Waals surface area contributed by atoms with E-state index >= 15 is 0 Å². The molecule has 4 nitrogen and oxygen atoms in total. The van der Waals surface area contributed by atoms with Crippen LogP contribution in [0.15, 0.2) is 28.8 Å². The van der Waals surface area contributed by atoms with E-state index in [4.69, 9.17) is 4.52 Å². The molecule has 1 heterocycles. The van der Waals surface area contributed by atoms with Crippen LogP contribution in [0.25, 0.3) is 0 Å². The second kappa shape index (κ2) is 4.78. The molecule has 0 aliphatic heterocycles. The number of aliphatic hydroxyl groups excluding tert-OH is 1. The van der Waals surface area contributed by atoms with Gasteiger partial charge in [-0.05, 0) is 24.0 Å². The predicted molar refractivity (Wildman–Crippen MR) is 71.0 cm³/mol. The van der Waals surface area contributed by atoms with Gasteiger partial charge in [-0.15, -0.1) is 0 Å². The van der Waals surface area contributed by atoms with Gasteiger partial charge in [0.2, 0.25) is 5.89 Å². The predicted octanol–water partition coefficient (Wildman–Crippen LogP) is 2.63. The number of rotatable bonds is 4. The third kappa shape index (κ3) is 2.06. The number of hydrogen-bond acceptors (Lipinski definition) is 4. The van der Waals surface area contributed by atoms with Gasteiger partial charge in [-0.2, -0.15) is 4.98 Å². The first kappa shape index (κ1) is 12.4. The highest BCUT2D eigenvalue weighted by Gasteiger charge is 2.32. The Labute approximate surface area is 112 Å². The quantitative estimate of drug-likeness (QED) is 0.915. The Bertz CT molecular complexity index is 579. The highest BCUT2D eigenvalue weighted by molar-refractivity contribution is 5.43. The molecule has 0 spiro atoms. The van der Waals surface area contributed by atoms with Crippen molar-refractivity contribution in [1.29, 1.82) is 0 Å². The molecule has 19 heavy (non-hydrogen) atoms. The standard InChI is InChI=1S/C15H18N2O2/c1-3-13(18)9(2)15-16-14(17-19-15)12-8-10-6-4-5-7-11(10)12/h4-7,9,12-13,18H,3,8H2,1-2H3. The minimum absolute atomic E-state index is 0.110. The van der Waals surface area contributed by atoms with Crippen molar-refractivity contribution in [2.75, 3.05) is 0 Å². The summed E-state index contributed by atoms with van der Waals surface area (Å²) < 4.78 is 5.30. The van der Waals surface area contributed by atoms with Crippen molar-refractivity contribution in [1.82, 2.24) is 10.1 Å². The maximum atomic E-state index is 9.83. The van der Waals surface area contributed by atoms with Crippen molar-refractivity contribution in [3.63, 3.8) is 0 Å². The first-order chi connectivity index (χ1) is 9.20. The van der Waals surface area contributed by atoms with E-state index in [0.717, 1.165) is 12.2 Å². The first-order valence-corrected chi connectivity index (χ1v) is 6.80. The Balaban J connectivity index is 1.80. The number of benzene rings is 1. The molecule has 2 aromatic rings. The Morgan fingerprint density at radius 2 is 2.21 bits per heavy atom. The fourth-order valence-electron chi connectivity index (χ4n) is 2.58. The number of nitrogens with zero attached hydrogens (tertiary/aromatic N) is 2. The summed E-state index contributed by atoms with van der Waals surface area (Å²) in [6.07, 6.45) is 1.23. The van der Waals surface area contributed by atoms with Crippen LogP contribution >= 0.6 is 0 Å². The minimum Gasteiger partial charge on any atom is -0.392 e. The Morgan fingerprint density at radius 1 is 1.42 bits per heavy atom. The molecular weight excluding hydrogens is 240 g/mol. The summed E-state index contributed by atoms with van der Waals surface area (Å²) in [6.45, 7) is 3.86.